The number of nitrogens with zero attached hydrogens (tertiary/aromatic N) is 1. The largest absolute Gasteiger partial charge is 0.261 e. The highest BCUT2D eigenvalue weighted by atomic mass is 14.7. The summed E-state index contributed by atoms with van der Waals surface area (Å²) in [5, 5.41) is 0. The maximum atomic E-state index is 4.52. The molecule has 0 N–H and O–H groups in total. The summed E-state index contributed by atoms with van der Waals surface area (Å²) in [5.74, 6) is 0.663. The predicted octanol–water partition coefficient (Wildman–Crippen LogP) is 3.47. The lowest BCUT2D eigenvalue weighted by atomic mass is 9.84. The lowest BCUT2D eigenvalue weighted by molar-refractivity contribution is 0.542. The van der Waals surface area contributed by atoms with Crippen LogP contribution in [-0.4, -0.2) is 4.98 Å². The zero-order valence-electron chi connectivity index (χ0n) is 8.74. The number of aromatic nitrogens is 1. The van der Waals surface area contributed by atoms with E-state index in [2.05, 4.69) is 36.2 Å². The highest BCUT2D eigenvalue weighted by molar-refractivity contribution is 5.26. The maximum Gasteiger partial charge on any atom is 0.0469 e. The maximum absolute atomic E-state index is 4.52. The third-order valence-electron chi connectivity index (χ3n) is 2.97. The summed E-state index contributed by atoms with van der Waals surface area (Å²) in [6.45, 7) is 2.09. The molecule has 14 heavy (non-hydrogen) atoms. The van der Waals surface area contributed by atoms with Crippen LogP contribution in [0.25, 0.3) is 0 Å². The Bertz CT molecular complexity index is 328. The summed E-state index contributed by atoms with van der Waals surface area (Å²) in [7, 11) is 0. The van der Waals surface area contributed by atoms with Crippen LogP contribution in [0.15, 0.2) is 30.5 Å². The van der Waals surface area contributed by atoms with Crippen molar-refractivity contribution in [1.29, 1.82) is 0 Å². The van der Waals surface area contributed by atoms with Crippen molar-refractivity contribution in [2.75, 3.05) is 0 Å². The smallest absolute Gasteiger partial charge is 0.0469 e. The van der Waals surface area contributed by atoms with Crippen molar-refractivity contribution in [1.82, 2.24) is 4.98 Å². The Labute approximate surface area is 85.9 Å². The van der Waals surface area contributed by atoms with E-state index in [1.807, 2.05) is 6.20 Å². The van der Waals surface area contributed by atoms with Crippen LogP contribution < -0.4 is 0 Å². The first kappa shape index (κ1) is 9.45. The van der Waals surface area contributed by atoms with Gasteiger partial charge in [0.05, 0.1) is 0 Å². The van der Waals surface area contributed by atoms with Gasteiger partial charge in [-0.1, -0.05) is 18.2 Å². The predicted molar refractivity (Wildman–Crippen MR) is 59.3 cm³/mol. The van der Waals surface area contributed by atoms with Gasteiger partial charge in [0.15, 0.2) is 0 Å². The Morgan fingerprint density at radius 3 is 3.36 bits per heavy atom. The van der Waals surface area contributed by atoms with E-state index < -0.39 is 0 Å². The number of aryl methyl sites for hydroxylation is 1. The van der Waals surface area contributed by atoms with Crippen molar-refractivity contribution in [3.05, 3.63) is 41.7 Å². The van der Waals surface area contributed by atoms with Crippen LogP contribution in [0.2, 0.25) is 0 Å². The second kappa shape index (κ2) is 4.41. The quantitative estimate of drug-likeness (QED) is 0.646. The van der Waals surface area contributed by atoms with Crippen LogP contribution in [0.5, 0.6) is 0 Å². The van der Waals surface area contributed by atoms with Crippen LogP contribution in [0.3, 0.4) is 0 Å². The molecule has 0 amide bonds. The average molecular weight is 187 g/mol. The van der Waals surface area contributed by atoms with Gasteiger partial charge in [0.2, 0.25) is 0 Å². The van der Waals surface area contributed by atoms with Gasteiger partial charge in [-0.2, -0.15) is 0 Å². The SMILES string of the molecule is C/C=C/CC1CCCc2cccnc21. The van der Waals surface area contributed by atoms with Gasteiger partial charge in [0.25, 0.3) is 0 Å². The second-order valence-electron chi connectivity index (χ2n) is 3.94. The molecule has 1 aromatic rings. The summed E-state index contributed by atoms with van der Waals surface area (Å²) in [6, 6.07) is 4.28. The van der Waals surface area contributed by atoms with Crippen LogP contribution in [0.4, 0.5) is 0 Å². The minimum Gasteiger partial charge on any atom is -0.261 e. The highest BCUT2D eigenvalue weighted by Crippen LogP contribution is 2.32. The molecule has 0 aromatic carbocycles. The van der Waals surface area contributed by atoms with Gasteiger partial charge in [0, 0.05) is 17.8 Å². The molecule has 1 heterocycles. The van der Waals surface area contributed by atoms with Crippen molar-refractivity contribution in [2.24, 2.45) is 0 Å². The molecule has 0 radical (unpaired) electrons. The molecular formula is C13H17N. The summed E-state index contributed by atoms with van der Waals surface area (Å²) in [4.78, 5) is 4.52. The van der Waals surface area contributed by atoms with Crippen molar-refractivity contribution in [3.8, 4) is 0 Å². The van der Waals surface area contributed by atoms with Crippen LogP contribution in [-0.2, 0) is 6.42 Å². The van der Waals surface area contributed by atoms with Crippen LogP contribution in [0, 0.1) is 0 Å². The number of hydrogen-bond acceptors (Lipinski definition) is 1. The molecule has 0 saturated carbocycles. The minimum absolute atomic E-state index is 0.663. The molecule has 0 saturated heterocycles. The van der Waals surface area contributed by atoms with Gasteiger partial charge < -0.3 is 0 Å². The highest BCUT2D eigenvalue weighted by Gasteiger charge is 2.19. The zero-order chi connectivity index (χ0) is 9.80. The topological polar surface area (TPSA) is 12.9 Å². The Morgan fingerprint density at radius 1 is 1.57 bits per heavy atom. The van der Waals surface area contributed by atoms with E-state index in [1.165, 1.54) is 30.5 Å². The average Bonchev–Trinajstić information content (AvgIpc) is 2.26. The number of fused-ring (bicyclic) bond motifs is 1. The van der Waals surface area contributed by atoms with Crippen molar-refractivity contribution >= 4 is 0 Å². The molecule has 2 rings (SSSR count). The molecule has 0 bridgehead atoms. The molecule has 1 aromatic heterocycles. The first-order valence-corrected chi connectivity index (χ1v) is 5.46. The molecular weight excluding hydrogens is 170 g/mol. The molecule has 1 aliphatic rings. The van der Waals surface area contributed by atoms with E-state index in [4.69, 9.17) is 0 Å². The lowest BCUT2D eigenvalue weighted by Gasteiger charge is -2.22. The third-order valence-corrected chi connectivity index (χ3v) is 2.97. The van der Waals surface area contributed by atoms with E-state index in [1.54, 1.807) is 0 Å². The van der Waals surface area contributed by atoms with Gasteiger partial charge in [-0.3, -0.25) is 4.98 Å². The Kier molecular flexibility index (Phi) is 2.97. The van der Waals surface area contributed by atoms with E-state index in [0.717, 1.165) is 6.42 Å². The van der Waals surface area contributed by atoms with Crippen molar-refractivity contribution in [2.45, 2.75) is 38.5 Å². The summed E-state index contributed by atoms with van der Waals surface area (Å²) < 4.78 is 0. The van der Waals surface area contributed by atoms with Gasteiger partial charge in [-0.25, -0.2) is 0 Å². The molecule has 0 fully saturated rings. The summed E-state index contributed by atoms with van der Waals surface area (Å²) >= 11 is 0. The summed E-state index contributed by atoms with van der Waals surface area (Å²) in [5.41, 5.74) is 2.81. The summed E-state index contributed by atoms with van der Waals surface area (Å²) in [6.07, 6.45) is 11.3. The number of hydrogen-bond donors (Lipinski definition) is 0. The van der Waals surface area contributed by atoms with Crippen molar-refractivity contribution in [3.63, 3.8) is 0 Å². The molecule has 1 aliphatic carbocycles. The molecule has 1 atom stereocenters. The molecule has 1 unspecified atom stereocenters. The lowest BCUT2D eigenvalue weighted by Crippen LogP contribution is -2.10. The fourth-order valence-electron chi connectivity index (χ4n) is 2.24. The molecule has 74 valence electrons. The van der Waals surface area contributed by atoms with Gasteiger partial charge in [-0.05, 0) is 44.2 Å². The van der Waals surface area contributed by atoms with Gasteiger partial charge in [-0.15, -0.1) is 0 Å². The normalized spacial score (nSPS) is 21.1. The van der Waals surface area contributed by atoms with E-state index in [0.29, 0.717) is 5.92 Å². The monoisotopic (exact) mass is 187 g/mol. The molecule has 0 aliphatic heterocycles. The molecule has 1 nitrogen and oxygen atoms in total. The van der Waals surface area contributed by atoms with Gasteiger partial charge >= 0.3 is 0 Å². The fourth-order valence-corrected chi connectivity index (χ4v) is 2.24. The first-order valence-electron chi connectivity index (χ1n) is 5.46. The first-order chi connectivity index (χ1) is 6.92. The number of rotatable bonds is 2. The Balaban J connectivity index is 2.22. The second-order valence-corrected chi connectivity index (χ2v) is 3.94. The van der Waals surface area contributed by atoms with Crippen molar-refractivity contribution < 1.29 is 0 Å². The van der Waals surface area contributed by atoms with E-state index in [9.17, 15) is 0 Å². The van der Waals surface area contributed by atoms with Gasteiger partial charge in [0.1, 0.15) is 0 Å². The number of pyridine rings is 1. The third kappa shape index (κ3) is 1.87. The van der Waals surface area contributed by atoms with E-state index >= 15 is 0 Å². The Morgan fingerprint density at radius 2 is 2.50 bits per heavy atom. The van der Waals surface area contributed by atoms with Crippen LogP contribution >= 0.6 is 0 Å². The number of allylic oxidation sites excluding steroid dienone is 2. The standard InChI is InChI=1S/C13H17N/c1-2-3-6-11-7-4-8-12-9-5-10-14-13(11)12/h2-3,5,9-11H,4,6-8H2,1H3/b3-2+. The molecule has 0 spiro atoms. The van der Waals surface area contributed by atoms with Crippen LogP contribution in [0.1, 0.15) is 43.4 Å². The zero-order valence-corrected chi connectivity index (χ0v) is 8.74. The Hall–Kier alpha value is -1.11. The van der Waals surface area contributed by atoms with E-state index in [-0.39, 0.29) is 0 Å². The molecule has 1 heteroatoms. The minimum atomic E-state index is 0.663. The fraction of sp³-hybridized carbons (Fsp3) is 0.462.